The van der Waals surface area contributed by atoms with Gasteiger partial charge >= 0.3 is 5.97 Å². The minimum Gasteiger partial charge on any atom is -0.480 e. The summed E-state index contributed by atoms with van der Waals surface area (Å²) in [6, 6.07) is 6.12. The summed E-state index contributed by atoms with van der Waals surface area (Å²) >= 11 is 0. The number of nitrogens with one attached hydrogen (secondary N) is 2. The first-order chi connectivity index (χ1) is 9.79. The van der Waals surface area contributed by atoms with Crippen molar-refractivity contribution in [1.82, 2.24) is 4.72 Å². The van der Waals surface area contributed by atoms with Gasteiger partial charge in [0.05, 0.1) is 4.90 Å². The molecular weight excluding hydrogens is 292 g/mol. The highest BCUT2D eigenvalue weighted by atomic mass is 32.2. The molecule has 1 unspecified atom stereocenters. The zero-order valence-corrected chi connectivity index (χ0v) is 12.9. The van der Waals surface area contributed by atoms with E-state index in [1.54, 1.807) is 26.0 Å². The summed E-state index contributed by atoms with van der Waals surface area (Å²) in [6.07, 6.45) is 1.78. The minimum atomic E-state index is -3.49. The van der Waals surface area contributed by atoms with Gasteiger partial charge in [0.1, 0.15) is 5.54 Å². The summed E-state index contributed by atoms with van der Waals surface area (Å²) in [6.45, 7) is 3.69. The van der Waals surface area contributed by atoms with Crippen LogP contribution in [0.15, 0.2) is 29.2 Å². The first-order valence-corrected chi connectivity index (χ1v) is 8.39. The Hall–Kier alpha value is -1.60. The van der Waals surface area contributed by atoms with Crippen LogP contribution in [0.1, 0.15) is 26.7 Å². The van der Waals surface area contributed by atoms with Gasteiger partial charge in [-0.3, -0.25) is 0 Å². The highest BCUT2D eigenvalue weighted by molar-refractivity contribution is 7.89. The van der Waals surface area contributed by atoms with Gasteiger partial charge in [-0.25, -0.2) is 17.9 Å². The third kappa shape index (κ3) is 3.36. The van der Waals surface area contributed by atoms with Gasteiger partial charge in [-0.1, -0.05) is 6.92 Å². The molecule has 1 aliphatic rings. The highest BCUT2D eigenvalue weighted by Crippen LogP contribution is 2.41. The summed E-state index contributed by atoms with van der Waals surface area (Å²) in [5.41, 5.74) is -0.413. The Morgan fingerprint density at radius 2 is 1.90 bits per heavy atom. The Morgan fingerprint density at radius 1 is 1.33 bits per heavy atom. The van der Waals surface area contributed by atoms with Crippen LogP contribution in [-0.4, -0.2) is 31.6 Å². The molecule has 21 heavy (non-hydrogen) atoms. The van der Waals surface area contributed by atoms with Gasteiger partial charge in [0, 0.05) is 12.2 Å². The summed E-state index contributed by atoms with van der Waals surface area (Å²) < 4.78 is 26.1. The maximum Gasteiger partial charge on any atom is 0.329 e. The van der Waals surface area contributed by atoms with Crippen LogP contribution in [0, 0.1) is 5.92 Å². The Morgan fingerprint density at radius 3 is 2.33 bits per heavy atom. The van der Waals surface area contributed by atoms with E-state index in [2.05, 4.69) is 10.0 Å². The first-order valence-electron chi connectivity index (χ1n) is 6.91. The van der Waals surface area contributed by atoms with E-state index in [4.69, 9.17) is 0 Å². The lowest BCUT2D eigenvalue weighted by Gasteiger charge is -2.27. The molecule has 0 bridgehead atoms. The third-order valence-electron chi connectivity index (χ3n) is 3.74. The van der Waals surface area contributed by atoms with Crippen LogP contribution in [0.4, 0.5) is 5.69 Å². The van der Waals surface area contributed by atoms with Crippen molar-refractivity contribution < 1.29 is 18.3 Å². The van der Waals surface area contributed by atoms with Gasteiger partial charge in [-0.05, 0) is 49.9 Å². The van der Waals surface area contributed by atoms with E-state index in [-0.39, 0.29) is 10.8 Å². The second-order valence-electron chi connectivity index (χ2n) is 5.43. The topological polar surface area (TPSA) is 95.5 Å². The normalized spacial score (nSPS) is 18.0. The summed E-state index contributed by atoms with van der Waals surface area (Å²) in [4.78, 5) is 11.6. The van der Waals surface area contributed by atoms with Gasteiger partial charge in [0.25, 0.3) is 0 Å². The number of hydrogen-bond acceptors (Lipinski definition) is 4. The van der Waals surface area contributed by atoms with E-state index in [1.165, 1.54) is 12.1 Å². The molecule has 0 spiro atoms. The van der Waals surface area contributed by atoms with Crippen molar-refractivity contribution in [1.29, 1.82) is 0 Å². The van der Waals surface area contributed by atoms with E-state index in [0.29, 0.717) is 12.2 Å². The van der Waals surface area contributed by atoms with Crippen molar-refractivity contribution in [3.63, 3.8) is 0 Å². The molecule has 0 amide bonds. The first kappa shape index (κ1) is 15.8. The molecule has 0 heterocycles. The molecule has 3 N–H and O–H groups in total. The maximum atomic E-state index is 11.8. The molecular formula is C14H20N2O4S. The number of carbonyl (C=O) groups is 1. The fourth-order valence-electron chi connectivity index (χ4n) is 2.28. The molecule has 0 saturated heterocycles. The number of sulfonamides is 1. The Bertz CT molecular complexity index is 623. The average molecular weight is 312 g/mol. The molecule has 6 nitrogen and oxygen atoms in total. The van der Waals surface area contributed by atoms with Gasteiger partial charge < -0.3 is 10.4 Å². The number of hydrogen-bond donors (Lipinski definition) is 3. The zero-order valence-electron chi connectivity index (χ0n) is 12.1. The van der Waals surface area contributed by atoms with Gasteiger partial charge in [-0.15, -0.1) is 0 Å². The summed E-state index contributed by atoms with van der Waals surface area (Å²) in [5, 5.41) is 12.4. The van der Waals surface area contributed by atoms with Crippen molar-refractivity contribution in [2.75, 3.05) is 11.9 Å². The Balaban J connectivity index is 2.18. The second kappa shape index (κ2) is 5.65. The third-order valence-corrected chi connectivity index (χ3v) is 5.30. The van der Waals surface area contributed by atoms with E-state index in [1.807, 2.05) is 0 Å². The monoisotopic (exact) mass is 312 g/mol. The van der Waals surface area contributed by atoms with E-state index >= 15 is 0 Å². The predicted molar refractivity (Wildman–Crippen MR) is 79.7 cm³/mol. The number of benzene rings is 1. The Labute approximate surface area is 124 Å². The van der Waals surface area contributed by atoms with Crippen LogP contribution in [0.5, 0.6) is 0 Å². The standard InChI is InChI=1S/C14H20N2O4S/c1-3-15-21(19,20)12-8-6-11(7-9-12)16-14(2,13(17)18)10-4-5-10/h6-10,15-16H,3-5H2,1-2H3,(H,17,18). The SMILES string of the molecule is CCNS(=O)(=O)c1ccc(NC(C)(C(=O)O)C2CC2)cc1. The molecule has 1 atom stereocenters. The van der Waals surface area contributed by atoms with E-state index in [9.17, 15) is 18.3 Å². The molecule has 1 fully saturated rings. The minimum absolute atomic E-state index is 0.111. The number of carboxylic acid groups (broad SMARTS) is 1. The number of anilines is 1. The van der Waals surface area contributed by atoms with Crippen molar-refractivity contribution >= 4 is 21.7 Å². The zero-order chi connectivity index (χ0) is 15.7. The lowest BCUT2D eigenvalue weighted by atomic mass is 9.95. The van der Waals surface area contributed by atoms with Gasteiger partial charge in [0.15, 0.2) is 0 Å². The van der Waals surface area contributed by atoms with Crippen molar-refractivity contribution in [2.24, 2.45) is 5.92 Å². The molecule has 1 aromatic carbocycles. The van der Waals surface area contributed by atoms with E-state index < -0.39 is 21.5 Å². The largest absolute Gasteiger partial charge is 0.480 e. The second-order valence-corrected chi connectivity index (χ2v) is 7.20. The molecule has 0 aliphatic heterocycles. The van der Waals surface area contributed by atoms with Crippen LogP contribution < -0.4 is 10.0 Å². The van der Waals surface area contributed by atoms with Crippen molar-refractivity contribution in [3.05, 3.63) is 24.3 Å². The van der Waals surface area contributed by atoms with Crippen molar-refractivity contribution in [2.45, 2.75) is 37.1 Å². The molecule has 0 radical (unpaired) electrons. The molecule has 1 aromatic rings. The molecule has 7 heteroatoms. The fraction of sp³-hybridized carbons (Fsp3) is 0.500. The number of rotatable bonds is 7. The number of carboxylic acids is 1. The lowest BCUT2D eigenvalue weighted by Crippen LogP contribution is -2.45. The van der Waals surface area contributed by atoms with Crippen LogP contribution in [0.2, 0.25) is 0 Å². The summed E-state index contributed by atoms with van der Waals surface area (Å²) in [7, 11) is -3.49. The van der Waals surface area contributed by atoms with Crippen LogP contribution in [0.25, 0.3) is 0 Å². The highest BCUT2D eigenvalue weighted by Gasteiger charge is 2.47. The molecule has 116 valence electrons. The molecule has 2 rings (SSSR count). The number of aliphatic carboxylic acids is 1. The van der Waals surface area contributed by atoms with Gasteiger partial charge in [0.2, 0.25) is 10.0 Å². The quantitative estimate of drug-likeness (QED) is 0.711. The fourth-order valence-corrected chi connectivity index (χ4v) is 3.32. The summed E-state index contributed by atoms with van der Waals surface area (Å²) in [5.74, 6) is -0.783. The van der Waals surface area contributed by atoms with Crippen LogP contribution in [0.3, 0.4) is 0 Å². The van der Waals surface area contributed by atoms with Crippen molar-refractivity contribution in [3.8, 4) is 0 Å². The predicted octanol–water partition coefficient (Wildman–Crippen LogP) is 1.65. The van der Waals surface area contributed by atoms with Crippen LogP contribution >= 0.6 is 0 Å². The molecule has 1 aliphatic carbocycles. The molecule has 1 saturated carbocycles. The maximum absolute atomic E-state index is 11.8. The lowest BCUT2D eigenvalue weighted by molar-refractivity contribution is -0.142. The van der Waals surface area contributed by atoms with Crippen LogP contribution in [-0.2, 0) is 14.8 Å². The Kier molecular flexibility index (Phi) is 4.25. The van der Waals surface area contributed by atoms with E-state index in [0.717, 1.165) is 12.8 Å². The van der Waals surface area contributed by atoms with Gasteiger partial charge in [-0.2, -0.15) is 0 Å². The smallest absolute Gasteiger partial charge is 0.329 e. The molecule has 0 aromatic heterocycles. The average Bonchev–Trinajstić information content (AvgIpc) is 3.23.